The Balaban J connectivity index is 1.16. The lowest BCUT2D eigenvalue weighted by Gasteiger charge is -2.36. The summed E-state index contributed by atoms with van der Waals surface area (Å²) in [5.74, 6) is 0.102. The fourth-order valence-electron chi connectivity index (χ4n) is 5.41. The Morgan fingerprint density at radius 1 is 0.875 bits per heavy atom. The Hall–Kier alpha value is -2.86. The zero-order valence-corrected chi connectivity index (χ0v) is 18.3. The van der Waals surface area contributed by atoms with Crippen molar-refractivity contribution in [3.63, 3.8) is 0 Å². The summed E-state index contributed by atoms with van der Waals surface area (Å²) in [6.07, 6.45) is 2.21. The number of aliphatic hydroxyl groups excluding tert-OH is 1. The molecule has 0 saturated carbocycles. The second kappa shape index (κ2) is 8.94. The molecule has 2 aliphatic heterocycles. The van der Waals surface area contributed by atoms with Crippen LogP contribution in [-0.2, 0) is 9.53 Å². The third-order valence-electron chi connectivity index (χ3n) is 7.15. The lowest BCUT2D eigenvalue weighted by molar-refractivity contribution is -0.140. The van der Waals surface area contributed by atoms with Gasteiger partial charge in [-0.2, -0.15) is 0 Å². The van der Waals surface area contributed by atoms with Gasteiger partial charge in [0.15, 0.2) is 0 Å². The fourth-order valence-corrected chi connectivity index (χ4v) is 5.41. The maximum absolute atomic E-state index is 12.8. The predicted octanol–water partition coefficient (Wildman–Crippen LogP) is 3.63. The topological polar surface area (TPSA) is 70.1 Å². The van der Waals surface area contributed by atoms with E-state index < -0.39 is 6.10 Å². The van der Waals surface area contributed by atoms with Crippen molar-refractivity contribution in [2.75, 3.05) is 32.8 Å². The summed E-state index contributed by atoms with van der Waals surface area (Å²) in [4.78, 5) is 29.1. The number of β-amino-alcohol motifs (C(OH)–C–C–N with tert-alkyl or cyclic N) is 1. The van der Waals surface area contributed by atoms with Gasteiger partial charge in [0.1, 0.15) is 6.61 Å². The SMILES string of the molecule is O=C(OCC1c2ccccc2-c2ccccc21)N1CCC(C(=O)N2CCCC(O)C2)CC1. The first-order chi connectivity index (χ1) is 15.6. The number of likely N-dealkylation sites (tertiary alicyclic amines) is 2. The molecule has 168 valence electrons. The number of rotatable bonds is 3. The van der Waals surface area contributed by atoms with Crippen molar-refractivity contribution in [2.45, 2.75) is 37.7 Å². The Kier molecular flexibility index (Phi) is 5.87. The predicted molar refractivity (Wildman–Crippen MR) is 121 cm³/mol. The van der Waals surface area contributed by atoms with Crippen LogP contribution in [-0.4, -0.2) is 65.8 Å². The molecule has 32 heavy (non-hydrogen) atoms. The number of fused-ring (bicyclic) bond motifs is 3. The van der Waals surface area contributed by atoms with Crippen LogP contribution in [0.15, 0.2) is 48.5 Å². The molecule has 3 aliphatic rings. The molecule has 2 saturated heterocycles. The molecule has 0 spiro atoms. The van der Waals surface area contributed by atoms with Crippen molar-refractivity contribution in [3.05, 3.63) is 59.7 Å². The van der Waals surface area contributed by atoms with E-state index >= 15 is 0 Å². The van der Waals surface area contributed by atoms with Gasteiger partial charge in [0.05, 0.1) is 6.10 Å². The summed E-state index contributed by atoms with van der Waals surface area (Å²) in [6.45, 7) is 2.54. The third-order valence-corrected chi connectivity index (χ3v) is 7.15. The van der Waals surface area contributed by atoms with Gasteiger partial charge in [-0.05, 0) is 47.9 Å². The minimum absolute atomic E-state index is 0.0518. The van der Waals surface area contributed by atoms with Gasteiger partial charge in [0.2, 0.25) is 5.91 Å². The summed E-state index contributed by atoms with van der Waals surface area (Å²) < 4.78 is 5.76. The number of piperidine rings is 2. The van der Waals surface area contributed by atoms with E-state index in [1.807, 2.05) is 24.3 Å². The molecule has 0 radical (unpaired) electrons. The number of hydrogen-bond acceptors (Lipinski definition) is 4. The van der Waals surface area contributed by atoms with Crippen molar-refractivity contribution < 1.29 is 19.4 Å². The zero-order valence-electron chi connectivity index (χ0n) is 18.3. The lowest BCUT2D eigenvalue weighted by atomic mass is 9.94. The molecule has 6 heteroatoms. The summed E-state index contributed by atoms with van der Waals surface area (Å²) >= 11 is 0. The molecule has 0 bridgehead atoms. The Bertz CT molecular complexity index is 953. The van der Waals surface area contributed by atoms with Crippen LogP contribution in [0.3, 0.4) is 0 Å². The van der Waals surface area contributed by atoms with Gasteiger partial charge in [-0.15, -0.1) is 0 Å². The van der Waals surface area contributed by atoms with E-state index in [1.54, 1.807) is 9.80 Å². The first-order valence-corrected chi connectivity index (χ1v) is 11.7. The number of benzene rings is 2. The number of aliphatic hydroxyl groups is 1. The zero-order chi connectivity index (χ0) is 22.1. The molecular formula is C26H30N2O4. The molecule has 0 aromatic heterocycles. The number of carbonyl (C=O) groups is 2. The van der Waals surface area contributed by atoms with Crippen LogP contribution in [0.25, 0.3) is 11.1 Å². The molecule has 2 amide bonds. The summed E-state index contributed by atoms with van der Waals surface area (Å²) in [5, 5.41) is 9.85. The highest BCUT2D eigenvalue weighted by atomic mass is 16.6. The average Bonchev–Trinajstić information content (AvgIpc) is 3.16. The number of ether oxygens (including phenoxy) is 1. The minimum Gasteiger partial charge on any atom is -0.448 e. The van der Waals surface area contributed by atoms with Gasteiger partial charge in [0.25, 0.3) is 0 Å². The average molecular weight is 435 g/mol. The van der Waals surface area contributed by atoms with Crippen LogP contribution < -0.4 is 0 Å². The quantitative estimate of drug-likeness (QED) is 0.801. The molecule has 1 aliphatic carbocycles. The van der Waals surface area contributed by atoms with Crippen molar-refractivity contribution in [1.29, 1.82) is 0 Å². The molecule has 1 atom stereocenters. The van der Waals surface area contributed by atoms with Gasteiger partial charge in [-0.25, -0.2) is 4.79 Å². The summed E-state index contributed by atoms with van der Waals surface area (Å²) in [7, 11) is 0. The van der Waals surface area contributed by atoms with Gasteiger partial charge in [-0.1, -0.05) is 48.5 Å². The van der Waals surface area contributed by atoms with Crippen molar-refractivity contribution in [2.24, 2.45) is 5.92 Å². The van der Waals surface area contributed by atoms with Crippen molar-refractivity contribution in [3.8, 4) is 11.1 Å². The van der Waals surface area contributed by atoms with E-state index in [0.717, 1.165) is 19.4 Å². The molecule has 2 heterocycles. The molecule has 5 rings (SSSR count). The van der Waals surface area contributed by atoms with Crippen LogP contribution in [0.1, 0.15) is 42.7 Å². The Morgan fingerprint density at radius 3 is 2.12 bits per heavy atom. The fraction of sp³-hybridized carbons (Fsp3) is 0.462. The Labute approximate surface area is 188 Å². The van der Waals surface area contributed by atoms with Crippen molar-refractivity contribution in [1.82, 2.24) is 9.80 Å². The van der Waals surface area contributed by atoms with E-state index in [0.29, 0.717) is 39.1 Å². The molecule has 2 aromatic carbocycles. The highest BCUT2D eigenvalue weighted by Crippen LogP contribution is 2.44. The first kappa shape index (κ1) is 21.0. The molecule has 2 fully saturated rings. The Morgan fingerprint density at radius 2 is 1.50 bits per heavy atom. The maximum Gasteiger partial charge on any atom is 0.409 e. The van der Waals surface area contributed by atoms with E-state index in [-0.39, 0.29) is 23.8 Å². The van der Waals surface area contributed by atoms with Crippen LogP contribution in [0.2, 0.25) is 0 Å². The van der Waals surface area contributed by atoms with Crippen LogP contribution in [0.5, 0.6) is 0 Å². The van der Waals surface area contributed by atoms with Crippen LogP contribution >= 0.6 is 0 Å². The maximum atomic E-state index is 12.8. The lowest BCUT2D eigenvalue weighted by Crippen LogP contribution is -2.48. The van der Waals surface area contributed by atoms with Gasteiger partial charge in [0, 0.05) is 38.0 Å². The van der Waals surface area contributed by atoms with E-state index in [1.165, 1.54) is 22.3 Å². The van der Waals surface area contributed by atoms with Crippen molar-refractivity contribution >= 4 is 12.0 Å². The second-order valence-corrected chi connectivity index (χ2v) is 9.15. The number of carbonyl (C=O) groups excluding carboxylic acids is 2. The molecule has 2 aromatic rings. The molecule has 1 unspecified atom stereocenters. The van der Waals surface area contributed by atoms with Gasteiger partial charge < -0.3 is 19.6 Å². The largest absolute Gasteiger partial charge is 0.448 e. The van der Waals surface area contributed by atoms with E-state index in [2.05, 4.69) is 24.3 Å². The molecular weight excluding hydrogens is 404 g/mol. The molecule has 1 N–H and O–H groups in total. The van der Waals surface area contributed by atoms with Gasteiger partial charge >= 0.3 is 6.09 Å². The summed E-state index contributed by atoms with van der Waals surface area (Å²) in [6, 6.07) is 16.6. The highest BCUT2D eigenvalue weighted by Gasteiger charge is 2.34. The minimum atomic E-state index is -0.409. The van der Waals surface area contributed by atoms with E-state index in [4.69, 9.17) is 4.74 Å². The first-order valence-electron chi connectivity index (χ1n) is 11.7. The summed E-state index contributed by atoms with van der Waals surface area (Å²) in [5.41, 5.74) is 4.83. The standard InChI is InChI=1S/C26H30N2O4/c29-19-6-5-13-28(16-19)25(30)18-11-14-27(15-12-18)26(31)32-17-24-22-9-3-1-7-20(22)21-8-2-4-10-23(21)24/h1-4,7-10,18-19,24,29H,5-6,11-17H2. The highest BCUT2D eigenvalue weighted by molar-refractivity contribution is 5.80. The number of hydrogen-bond donors (Lipinski definition) is 1. The van der Waals surface area contributed by atoms with Crippen LogP contribution in [0, 0.1) is 5.92 Å². The third kappa shape index (κ3) is 3.99. The molecule has 6 nitrogen and oxygen atoms in total. The van der Waals surface area contributed by atoms with E-state index in [9.17, 15) is 14.7 Å². The second-order valence-electron chi connectivity index (χ2n) is 9.15. The normalized spacial score (nSPS) is 21.2. The number of amides is 2. The monoisotopic (exact) mass is 434 g/mol. The van der Waals surface area contributed by atoms with Gasteiger partial charge in [-0.3, -0.25) is 4.79 Å². The smallest absolute Gasteiger partial charge is 0.409 e. The van der Waals surface area contributed by atoms with Crippen LogP contribution in [0.4, 0.5) is 4.79 Å². The number of nitrogens with zero attached hydrogens (tertiary/aromatic N) is 2.